The van der Waals surface area contributed by atoms with E-state index in [2.05, 4.69) is 5.32 Å². The summed E-state index contributed by atoms with van der Waals surface area (Å²) in [6, 6.07) is 12.6. The third-order valence-corrected chi connectivity index (χ3v) is 4.38. The molecule has 7 nitrogen and oxygen atoms in total. The molecule has 1 aliphatic rings. The SMILES string of the molecule is CCN1C(=O)COc2cc(NC(=O)CCCOc3ccc(OC)cc3)ccc21. The van der Waals surface area contributed by atoms with Gasteiger partial charge in [0.15, 0.2) is 6.61 Å². The minimum atomic E-state index is -0.0995. The second-order valence-corrected chi connectivity index (χ2v) is 6.28. The van der Waals surface area contributed by atoms with Crippen molar-refractivity contribution in [2.24, 2.45) is 0 Å². The Hall–Kier alpha value is -3.22. The highest BCUT2D eigenvalue weighted by atomic mass is 16.5. The molecule has 0 bridgehead atoms. The van der Waals surface area contributed by atoms with Crippen LogP contribution in [0.1, 0.15) is 19.8 Å². The first-order chi connectivity index (χ1) is 13.6. The fourth-order valence-corrected chi connectivity index (χ4v) is 2.95. The van der Waals surface area contributed by atoms with Gasteiger partial charge in [-0.3, -0.25) is 9.59 Å². The second kappa shape index (κ2) is 9.12. The molecule has 1 heterocycles. The number of benzene rings is 2. The van der Waals surface area contributed by atoms with Crippen molar-refractivity contribution < 1.29 is 23.8 Å². The molecule has 0 saturated carbocycles. The van der Waals surface area contributed by atoms with Crippen LogP contribution in [0.3, 0.4) is 0 Å². The van der Waals surface area contributed by atoms with Gasteiger partial charge in [0.05, 0.1) is 19.4 Å². The number of nitrogens with zero attached hydrogens (tertiary/aromatic N) is 1. The number of rotatable bonds is 8. The van der Waals surface area contributed by atoms with Gasteiger partial charge in [-0.1, -0.05) is 0 Å². The number of likely N-dealkylation sites (N-methyl/N-ethyl adjacent to an activating group) is 1. The van der Waals surface area contributed by atoms with Crippen molar-refractivity contribution in [2.45, 2.75) is 19.8 Å². The third kappa shape index (κ3) is 4.73. The lowest BCUT2D eigenvalue weighted by atomic mass is 10.2. The molecule has 0 fully saturated rings. The number of nitrogens with one attached hydrogen (secondary N) is 1. The number of methoxy groups -OCH3 is 1. The van der Waals surface area contributed by atoms with Crippen molar-refractivity contribution in [2.75, 3.05) is 37.1 Å². The van der Waals surface area contributed by atoms with E-state index < -0.39 is 0 Å². The summed E-state index contributed by atoms with van der Waals surface area (Å²) in [5, 5.41) is 2.86. The van der Waals surface area contributed by atoms with Gasteiger partial charge in [-0.2, -0.15) is 0 Å². The quantitative estimate of drug-likeness (QED) is 0.707. The Morgan fingerprint density at radius 1 is 1.18 bits per heavy atom. The number of carbonyl (C=O) groups excluding carboxylic acids is 2. The molecule has 3 rings (SSSR count). The maximum Gasteiger partial charge on any atom is 0.265 e. The van der Waals surface area contributed by atoms with Gasteiger partial charge in [0, 0.05) is 24.7 Å². The van der Waals surface area contributed by atoms with Crippen LogP contribution < -0.4 is 24.4 Å². The van der Waals surface area contributed by atoms with Crippen molar-refractivity contribution in [3.63, 3.8) is 0 Å². The Labute approximate surface area is 164 Å². The molecule has 0 aromatic heterocycles. The number of hydrogen-bond donors (Lipinski definition) is 1. The molecule has 28 heavy (non-hydrogen) atoms. The Balaban J connectivity index is 1.46. The number of ether oxygens (including phenoxy) is 3. The van der Waals surface area contributed by atoms with Gasteiger partial charge in [-0.05, 0) is 49.7 Å². The van der Waals surface area contributed by atoms with E-state index in [0.29, 0.717) is 37.4 Å². The van der Waals surface area contributed by atoms with E-state index in [9.17, 15) is 9.59 Å². The Morgan fingerprint density at radius 3 is 2.64 bits per heavy atom. The van der Waals surface area contributed by atoms with E-state index in [4.69, 9.17) is 14.2 Å². The van der Waals surface area contributed by atoms with Gasteiger partial charge in [0.1, 0.15) is 17.2 Å². The summed E-state index contributed by atoms with van der Waals surface area (Å²) in [6.07, 6.45) is 0.936. The number of hydrogen-bond acceptors (Lipinski definition) is 5. The molecule has 2 aromatic carbocycles. The summed E-state index contributed by atoms with van der Waals surface area (Å²) in [5.74, 6) is 1.94. The lowest BCUT2D eigenvalue weighted by molar-refractivity contribution is -0.121. The Morgan fingerprint density at radius 2 is 1.93 bits per heavy atom. The molecule has 0 spiro atoms. The van der Waals surface area contributed by atoms with Gasteiger partial charge in [0.2, 0.25) is 5.91 Å². The maximum atomic E-state index is 12.2. The zero-order valence-corrected chi connectivity index (χ0v) is 16.1. The largest absolute Gasteiger partial charge is 0.497 e. The summed E-state index contributed by atoms with van der Waals surface area (Å²) in [4.78, 5) is 25.7. The monoisotopic (exact) mass is 384 g/mol. The molecule has 0 radical (unpaired) electrons. The minimum absolute atomic E-state index is 0.0148. The summed E-state index contributed by atoms with van der Waals surface area (Å²) in [5.41, 5.74) is 1.37. The molecule has 0 aliphatic carbocycles. The van der Waals surface area contributed by atoms with Crippen LogP contribution >= 0.6 is 0 Å². The lowest BCUT2D eigenvalue weighted by Crippen LogP contribution is -2.38. The number of amides is 2. The van der Waals surface area contributed by atoms with Crippen molar-refractivity contribution in [1.29, 1.82) is 0 Å². The van der Waals surface area contributed by atoms with Gasteiger partial charge in [-0.25, -0.2) is 0 Å². The predicted molar refractivity (Wildman–Crippen MR) is 106 cm³/mol. The molecule has 7 heteroatoms. The molecule has 2 amide bonds. The average Bonchev–Trinajstić information content (AvgIpc) is 2.71. The molecular weight excluding hydrogens is 360 g/mol. The van der Waals surface area contributed by atoms with Gasteiger partial charge in [-0.15, -0.1) is 0 Å². The molecule has 2 aromatic rings. The van der Waals surface area contributed by atoms with Crippen LogP contribution in [0, 0.1) is 0 Å². The summed E-state index contributed by atoms with van der Waals surface area (Å²) >= 11 is 0. The average molecular weight is 384 g/mol. The van der Waals surface area contributed by atoms with E-state index in [1.165, 1.54) is 0 Å². The van der Waals surface area contributed by atoms with Crippen LogP contribution in [0.2, 0.25) is 0 Å². The van der Waals surface area contributed by atoms with Crippen LogP contribution in [0.25, 0.3) is 0 Å². The van der Waals surface area contributed by atoms with Crippen molar-refractivity contribution in [3.8, 4) is 17.2 Å². The van der Waals surface area contributed by atoms with Crippen molar-refractivity contribution >= 4 is 23.2 Å². The van der Waals surface area contributed by atoms with E-state index in [1.807, 2.05) is 31.2 Å². The summed E-state index contributed by atoms with van der Waals surface area (Å²) < 4.78 is 16.2. The Kier molecular flexibility index (Phi) is 6.37. The fourth-order valence-electron chi connectivity index (χ4n) is 2.95. The zero-order chi connectivity index (χ0) is 19.9. The third-order valence-electron chi connectivity index (χ3n) is 4.38. The Bertz CT molecular complexity index is 835. The highest BCUT2D eigenvalue weighted by Crippen LogP contribution is 2.34. The number of fused-ring (bicyclic) bond motifs is 1. The smallest absolute Gasteiger partial charge is 0.265 e. The summed E-state index contributed by atoms with van der Waals surface area (Å²) in [6.45, 7) is 2.95. The molecule has 0 saturated heterocycles. The first-order valence-electron chi connectivity index (χ1n) is 9.24. The molecule has 1 N–H and O–H groups in total. The first kappa shape index (κ1) is 19.5. The van der Waals surface area contributed by atoms with E-state index in [0.717, 1.165) is 17.2 Å². The molecule has 148 valence electrons. The topological polar surface area (TPSA) is 77.1 Å². The van der Waals surface area contributed by atoms with Crippen LogP contribution in [-0.4, -0.2) is 38.7 Å². The van der Waals surface area contributed by atoms with Crippen molar-refractivity contribution in [3.05, 3.63) is 42.5 Å². The normalized spacial score (nSPS) is 12.8. The zero-order valence-electron chi connectivity index (χ0n) is 16.1. The highest BCUT2D eigenvalue weighted by molar-refractivity contribution is 5.99. The van der Waals surface area contributed by atoms with Crippen LogP contribution in [0.4, 0.5) is 11.4 Å². The fraction of sp³-hybridized carbons (Fsp3) is 0.333. The first-order valence-corrected chi connectivity index (χ1v) is 9.24. The standard InChI is InChI=1S/C21H24N2O5/c1-3-23-18-11-6-15(13-19(18)28-14-21(23)25)22-20(24)5-4-12-27-17-9-7-16(26-2)8-10-17/h6-11,13H,3-5,12,14H2,1-2H3,(H,22,24). The van der Waals surface area contributed by atoms with Gasteiger partial charge in [0.25, 0.3) is 5.91 Å². The van der Waals surface area contributed by atoms with E-state index >= 15 is 0 Å². The van der Waals surface area contributed by atoms with E-state index in [1.54, 1.807) is 30.2 Å². The minimum Gasteiger partial charge on any atom is -0.497 e. The van der Waals surface area contributed by atoms with Crippen LogP contribution in [0.15, 0.2) is 42.5 Å². The molecule has 0 unspecified atom stereocenters. The van der Waals surface area contributed by atoms with Crippen LogP contribution in [0.5, 0.6) is 17.2 Å². The highest BCUT2D eigenvalue weighted by Gasteiger charge is 2.24. The van der Waals surface area contributed by atoms with Gasteiger partial charge < -0.3 is 24.4 Å². The molecular formula is C21H24N2O5. The predicted octanol–water partition coefficient (Wildman–Crippen LogP) is 3.24. The number of anilines is 2. The number of carbonyl (C=O) groups is 2. The van der Waals surface area contributed by atoms with Crippen LogP contribution in [-0.2, 0) is 9.59 Å². The summed E-state index contributed by atoms with van der Waals surface area (Å²) in [7, 11) is 1.61. The molecule has 0 atom stereocenters. The lowest BCUT2D eigenvalue weighted by Gasteiger charge is -2.28. The second-order valence-electron chi connectivity index (χ2n) is 6.28. The van der Waals surface area contributed by atoms with E-state index in [-0.39, 0.29) is 18.4 Å². The van der Waals surface area contributed by atoms with Crippen molar-refractivity contribution in [1.82, 2.24) is 0 Å². The van der Waals surface area contributed by atoms with Gasteiger partial charge >= 0.3 is 0 Å². The maximum absolute atomic E-state index is 12.2. The molecule has 1 aliphatic heterocycles.